The van der Waals surface area contributed by atoms with E-state index < -0.39 is 66.4 Å². The number of hydrogen-bond acceptors (Lipinski definition) is 14. The molecule has 0 aliphatic carbocycles. The number of carbonyl (C=O) groups excluding carboxylic acids is 4. The van der Waals surface area contributed by atoms with Crippen molar-refractivity contribution < 1.29 is 61.2 Å². The monoisotopic (exact) mass is 652 g/mol. The topological polar surface area (TPSA) is 176 Å². The predicted octanol–water partition coefficient (Wildman–Crippen LogP) is 4.02. The minimum absolute atomic E-state index is 0.0153. The van der Waals surface area contributed by atoms with Crippen molar-refractivity contribution in [3.63, 3.8) is 0 Å². The highest BCUT2D eigenvalue weighted by Crippen LogP contribution is 2.47. The molecule has 2 aromatic heterocycles. The van der Waals surface area contributed by atoms with E-state index in [2.05, 4.69) is 0 Å². The fourth-order valence-electron chi connectivity index (χ4n) is 5.66. The number of hydrogen-bond donors (Lipinski definition) is 0. The first-order valence-corrected chi connectivity index (χ1v) is 14.4. The van der Waals surface area contributed by atoms with Gasteiger partial charge in [-0.3, -0.25) is 24.0 Å². The quantitative estimate of drug-likeness (QED) is 0.187. The van der Waals surface area contributed by atoms with Crippen molar-refractivity contribution in [3.05, 3.63) is 58.4 Å². The van der Waals surface area contributed by atoms with E-state index in [1.807, 2.05) is 0 Å². The van der Waals surface area contributed by atoms with Gasteiger partial charge in [-0.15, -0.1) is 0 Å². The molecule has 0 unspecified atom stereocenters. The molecule has 0 amide bonds. The summed E-state index contributed by atoms with van der Waals surface area (Å²) in [7, 11) is 2.90. The van der Waals surface area contributed by atoms with Gasteiger partial charge in [0.15, 0.2) is 29.3 Å². The van der Waals surface area contributed by atoms with Crippen molar-refractivity contribution in [1.82, 2.24) is 0 Å². The number of esters is 4. The molecule has 3 heterocycles. The summed E-state index contributed by atoms with van der Waals surface area (Å²) in [5.41, 5.74) is 0.208. The van der Waals surface area contributed by atoms with Crippen LogP contribution in [0.3, 0.4) is 0 Å². The lowest BCUT2D eigenvalue weighted by atomic mass is 9.88. The van der Waals surface area contributed by atoms with Gasteiger partial charge < -0.3 is 42.0 Å². The molecule has 1 aliphatic rings. The van der Waals surface area contributed by atoms with E-state index in [0.29, 0.717) is 16.7 Å². The molecule has 1 aliphatic heterocycles. The lowest BCUT2D eigenvalue weighted by Crippen LogP contribution is -2.59. The van der Waals surface area contributed by atoms with Crippen molar-refractivity contribution in [2.75, 3.05) is 20.8 Å². The van der Waals surface area contributed by atoms with Gasteiger partial charge in [0.25, 0.3) is 0 Å². The fourth-order valence-corrected chi connectivity index (χ4v) is 5.66. The highest BCUT2D eigenvalue weighted by molar-refractivity contribution is 6.05. The first-order valence-electron chi connectivity index (χ1n) is 14.4. The standard InChI is InChI=1S/C33H32O14/c1-15(34)42-14-24-29(43-16(2)35)32(44-17(3)36)33(45-18(4)37)31(47-24)26-28-21(11-12-41-28)27(40-6)25-22(38)13-23(46-30(25)26)19-7-9-20(39-5)10-8-19/h7-13,24,29,31-33H,14H2,1-6H3/t24-,29-,31+,32+,33+/m1/s1. The smallest absolute Gasteiger partial charge is 0.303 e. The van der Waals surface area contributed by atoms with Gasteiger partial charge >= 0.3 is 23.9 Å². The van der Waals surface area contributed by atoms with Crippen LogP contribution in [0.5, 0.6) is 11.5 Å². The maximum absolute atomic E-state index is 13.9. The molecule has 4 aromatic rings. The molecule has 1 fully saturated rings. The largest absolute Gasteiger partial charge is 0.497 e. The molecule has 1 saturated heterocycles. The summed E-state index contributed by atoms with van der Waals surface area (Å²) in [5.74, 6) is -2.16. The third kappa shape index (κ3) is 6.63. The number of fused-ring (bicyclic) bond motifs is 2. The first kappa shape index (κ1) is 33.0. The second kappa shape index (κ2) is 13.5. The number of benzene rings is 2. The normalized spacial score (nSPS) is 20.8. The van der Waals surface area contributed by atoms with Crippen LogP contribution in [0.1, 0.15) is 39.4 Å². The number of furan rings is 1. The summed E-state index contributed by atoms with van der Waals surface area (Å²) in [4.78, 5) is 62.9. The van der Waals surface area contributed by atoms with Crippen molar-refractivity contribution in [2.24, 2.45) is 0 Å². The zero-order valence-electron chi connectivity index (χ0n) is 26.4. The van der Waals surface area contributed by atoms with Crippen LogP contribution in [0.4, 0.5) is 0 Å². The highest BCUT2D eigenvalue weighted by atomic mass is 16.7. The molecule has 5 atom stereocenters. The molecule has 47 heavy (non-hydrogen) atoms. The Morgan fingerprint density at radius 2 is 1.40 bits per heavy atom. The second-order valence-electron chi connectivity index (χ2n) is 10.6. The lowest BCUT2D eigenvalue weighted by Gasteiger charge is -2.44. The highest BCUT2D eigenvalue weighted by Gasteiger charge is 2.54. The average Bonchev–Trinajstić information content (AvgIpc) is 3.50. The predicted molar refractivity (Wildman–Crippen MR) is 162 cm³/mol. The molecule has 0 N–H and O–H groups in total. The molecular weight excluding hydrogens is 620 g/mol. The molecule has 248 valence electrons. The van der Waals surface area contributed by atoms with Crippen LogP contribution in [0.2, 0.25) is 0 Å². The molecule has 5 rings (SSSR count). The molecule has 14 heteroatoms. The Morgan fingerprint density at radius 1 is 0.766 bits per heavy atom. The maximum Gasteiger partial charge on any atom is 0.303 e. The molecule has 2 aromatic carbocycles. The van der Waals surface area contributed by atoms with Gasteiger partial charge in [-0.2, -0.15) is 0 Å². The number of carbonyl (C=O) groups is 4. The summed E-state index contributed by atoms with van der Waals surface area (Å²) in [5, 5.41) is 0.369. The van der Waals surface area contributed by atoms with E-state index in [9.17, 15) is 24.0 Å². The van der Waals surface area contributed by atoms with Gasteiger partial charge in [0.1, 0.15) is 47.0 Å². The lowest BCUT2D eigenvalue weighted by molar-refractivity contribution is -0.254. The molecule has 0 radical (unpaired) electrons. The van der Waals surface area contributed by atoms with E-state index in [-0.39, 0.29) is 33.6 Å². The van der Waals surface area contributed by atoms with Crippen molar-refractivity contribution >= 4 is 45.8 Å². The Balaban J connectivity index is 1.83. The third-order valence-corrected chi connectivity index (χ3v) is 7.43. The van der Waals surface area contributed by atoms with Crippen molar-refractivity contribution in [1.29, 1.82) is 0 Å². The summed E-state index contributed by atoms with van der Waals surface area (Å²) in [6.45, 7) is 4.09. The van der Waals surface area contributed by atoms with Crippen molar-refractivity contribution in [2.45, 2.75) is 58.2 Å². The van der Waals surface area contributed by atoms with Gasteiger partial charge in [-0.05, 0) is 30.3 Å². The summed E-state index contributed by atoms with van der Waals surface area (Å²) < 4.78 is 51.7. The Bertz CT molecular complexity index is 1890. The van der Waals surface area contributed by atoms with Gasteiger partial charge in [0.05, 0.1) is 31.4 Å². The Morgan fingerprint density at radius 3 is 2.00 bits per heavy atom. The molecule has 0 spiro atoms. The number of rotatable bonds is 9. The Labute approximate surface area is 267 Å². The van der Waals surface area contributed by atoms with Gasteiger partial charge in [0, 0.05) is 39.3 Å². The van der Waals surface area contributed by atoms with Gasteiger partial charge in [-0.1, -0.05) is 0 Å². The molecule has 0 bridgehead atoms. The van der Waals surface area contributed by atoms with Crippen LogP contribution < -0.4 is 14.9 Å². The molecular formula is C33H32O14. The van der Waals surface area contributed by atoms with Crippen LogP contribution in [-0.4, -0.2) is 69.1 Å². The first-order chi connectivity index (χ1) is 22.4. The summed E-state index contributed by atoms with van der Waals surface area (Å²) in [6.07, 6.45) is -5.67. The Kier molecular flexibility index (Phi) is 9.51. The van der Waals surface area contributed by atoms with E-state index in [1.54, 1.807) is 30.3 Å². The van der Waals surface area contributed by atoms with E-state index in [4.69, 9.17) is 42.0 Å². The zero-order valence-corrected chi connectivity index (χ0v) is 26.4. The SMILES string of the molecule is COc1ccc(-c2cc(=O)c3c(OC)c4ccoc4c([C@@H]4O[C@H](COC(C)=O)[C@@H](OC(C)=O)[C@H](OC(C)=O)[C@H]4OC(C)=O)c3o2)cc1. The van der Waals surface area contributed by atoms with E-state index >= 15 is 0 Å². The van der Waals surface area contributed by atoms with Crippen LogP contribution in [0.15, 0.2) is 56.3 Å². The summed E-state index contributed by atoms with van der Waals surface area (Å²) >= 11 is 0. The van der Waals surface area contributed by atoms with E-state index in [1.165, 1.54) is 33.5 Å². The number of ether oxygens (including phenoxy) is 7. The molecule has 0 saturated carbocycles. The van der Waals surface area contributed by atoms with Crippen molar-refractivity contribution in [3.8, 4) is 22.8 Å². The maximum atomic E-state index is 13.9. The number of methoxy groups -OCH3 is 2. The van der Waals surface area contributed by atoms with Crippen LogP contribution in [0.25, 0.3) is 33.3 Å². The zero-order chi connectivity index (χ0) is 34.0. The molecule has 14 nitrogen and oxygen atoms in total. The summed E-state index contributed by atoms with van der Waals surface area (Å²) in [6, 6.07) is 9.64. The fraction of sp³-hybridized carbons (Fsp3) is 0.364. The van der Waals surface area contributed by atoms with Crippen LogP contribution >= 0.6 is 0 Å². The third-order valence-electron chi connectivity index (χ3n) is 7.43. The average molecular weight is 653 g/mol. The minimum atomic E-state index is -1.49. The van der Waals surface area contributed by atoms with Crippen LogP contribution in [0, 0.1) is 0 Å². The second-order valence-corrected chi connectivity index (χ2v) is 10.6. The van der Waals surface area contributed by atoms with Gasteiger partial charge in [-0.25, -0.2) is 0 Å². The van der Waals surface area contributed by atoms with Gasteiger partial charge in [0.2, 0.25) is 0 Å². The van der Waals surface area contributed by atoms with E-state index in [0.717, 1.165) is 20.8 Å². The minimum Gasteiger partial charge on any atom is -0.497 e. The Hall–Kier alpha value is -5.37. The van der Waals surface area contributed by atoms with Crippen LogP contribution in [-0.2, 0) is 42.9 Å².